The molecule has 1 atom stereocenters. The predicted octanol–water partition coefficient (Wildman–Crippen LogP) is 3.38. The second-order valence-corrected chi connectivity index (χ2v) is 5.94. The molecule has 0 radical (unpaired) electrons. The van der Waals surface area contributed by atoms with Crippen molar-refractivity contribution >= 4 is 27.5 Å². The quantitative estimate of drug-likeness (QED) is 0.895. The standard InChI is InChI=1S/C14H21BrN2O/c1-8(2)5-12(16)14(18)17-11-6-9(3)13(15)10(4)7-11/h6-8,12H,5,16H2,1-4H3,(H,17,18)/t12-/m1/s1. The van der Waals surface area contributed by atoms with E-state index >= 15 is 0 Å². The van der Waals surface area contributed by atoms with E-state index in [1.54, 1.807) is 0 Å². The largest absolute Gasteiger partial charge is 0.325 e. The monoisotopic (exact) mass is 312 g/mol. The van der Waals surface area contributed by atoms with Crippen LogP contribution < -0.4 is 11.1 Å². The minimum Gasteiger partial charge on any atom is -0.325 e. The van der Waals surface area contributed by atoms with Crippen molar-refractivity contribution in [2.24, 2.45) is 11.7 Å². The summed E-state index contributed by atoms with van der Waals surface area (Å²) in [6.45, 7) is 8.11. The van der Waals surface area contributed by atoms with Gasteiger partial charge in [-0.25, -0.2) is 0 Å². The van der Waals surface area contributed by atoms with Gasteiger partial charge in [-0.15, -0.1) is 0 Å². The SMILES string of the molecule is Cc1cc(NC(=O)[C@H](N)CC(C)C)cc(C)c1Br. The van der Waals surface area contributed by atoms with Crippen LogP contribution in [-0.2, 0) is 4.79 Å². The smallest absolute Gasteiger partial charge is 0.241 e. The first kappa shape index (κ1) is 15.2. The molecular formula is C14H21BrN2O. The number of carbonyl (C=O) groups is 1. The van der Waals surface area contributed by atoms with E-state index in [1.165, 1.54) is 0 Å². The zero-order chi connectivity index (χ0) is 13.9. The van der Waals surface area contributed by atoms with E-state index in [9.17, 15) is 4.79 Å². The molecule has 3 nitrogen and oxygen atoms in total. The topological polar surface area (TPSA) is 55.1 Å². The second kappa shape index (κ2) is 6.34. The molecule has 0 heterocycles. The molecule has 0 unspecified atom stereocenters. The van der Waals surface area contributed by atoms with Crippen LogP contribution in [-0.4, -0.2) is 11.9 Å². The molecule has 1 aromatic carbocycles. The molecule has 18 heavy (non-hydrogen) atoms. The summed E-state index contributed by atoms with van der Waals surface area (Å²) in [6.07, 6.45) is 0.695. The van der Waals surface area contributed by atoms with Crippen LogP contribution in [0.1, 0.15) is 31.4 Å². The normalized spacial score (nSPS) is 12.6. The number of aryl methyl sites for hydroxylation is 2. The fourth-order valence-corrected chi connectivity index (χ4v) is 2.10. The number of hydrogen-bond donors (Lipinski definition) is 2. The molecule has 1 aromatic rings. The molecule has 0 bridgehead atoms. The summed E-state index contributed by atoms with van der Waals surface area (Å²) < 4.78 is 1.08. The van der Waals surface area contributed by atoms with Gasteiger partial charge in [0.15, 0.2) is 0 Å². The molecule has 0 spiro atoms. The summed E-state index contributed by atoms with van der Waals surface area (Å²) in [6, 6.07) is 3.43. The average molecular weight is 313 g/mol. The highest BCUT2D eigenvalue weighted by molar-refractivity contribution is 9.10. The highest BCUT2D eigenvalue weighted by Gasteiger charge is 2.15. The van der Waals surface area contributed by atoms with Crippen LogP contribution in [0.2, 0.25) is 0 Å². The summed E-state index contributed by atoms with van der Waals surface area (Å²) in [5, 5.41) is 2.87. The summed E-state index contributed by atoms with van der Waals surface area (Å²) in [5.41, 5.74) is 8.85. The van der Waals surface area contributed by atoms with Crippen LogP contribution in [0.15, 0.2) is 16.6 Å². The van der Waals surface area contributed by atoms with Gasteiger partial charge in [0.05, 0.1) is 6.04 Å². The van der Waals surface area contributed by atoms with Gasteiger partial charge >= 0.3 is 0 Å². The lowest BCUT2D eigenvalue weighted by molar-refractivity contribution is -0.117. The number of amides is 1. The fraction of sp³-hybridized carbons (Fsp3) is 0.500. The van der Waals surface area contributed by atoms with Crippen LogP contribution in [0.5, 0.6) is 0 Å². The van der Waals surface area contributed by atoms with Gasteiger partial charge in [0.1, 0.15) is 0 Å². The highest BCUT2D eigenvalue weighted by Crippen LogP contribution is 2.25. The Balaban J connectivity index is 2.76. The molecule has 0 aliphatic rings. The van der Waals surface area contributed by atoms with E-state index in [1.807, 2.05) is 26.0 Å². The third-order valence-electron chi connectivity index (χ3n) is 2.77. The van der Waals surface area contributed by atoms with Gasteiger partial charge in [-0.05, 0) is 49.4 Å². The Kier molecular flexibility index (Phi) is 5.35. The van der Waals surface area contributed by atoms with E-state index in [-0.39, 0.29) is 5.91 Å². The van der Waals surface area contributed by atoms with Gasteiger partial charge in [-0.3, -0.25) is 4.79 Å². The number of hydrogen-bond acceptors (Lipinski definition) is 2. The van der Waals surface area contributed by atoms with Gasteiger partial charge in [-0.2, -0.15) is 0 Å². The fourth-order valence-electron chi connectivity index (χ4n) is 1.87. The summed E-state index contributed by atoms with van der Waals surface area (Å²) >= 11 is 3.50. The van der Waals surface area contributed by atoms with Crippen molar-refractivity contribution in [1.29, 1.82) is 0 Å². The van der Waals surface area contributed by atoms with Crippen molar-refractivity contribution < 1.29 is 4.79 Å². The minimum atomic E-state index is -0.450. The minimum absolute atomic E-state index is 0.121. The lowest BCUT2D eigenvalue weighted by atomic mass is 10.0. The third kappa shape index (κ3) is 4.10. The Labute approximate surface area is 117 Å². The Morgan fingerprint density at radius 2 is 1.83 bits per heavy atom. The maximum Gasteiger partial charge on any atom is 0.241 e. The molecule has 0 saturated heterocycles. The molecule has 0 fully saturated rings. The lowest BCUT2D eigenvalue weighted by Gasteiger charge is -2.15. The third-order valence-corrected chi connectivity index (χ3v) is 4.02. The second-order valence-electron chi connectivity index (χ2n) is 5.15. The number of halogens is 1. The maximum absolute atomic E-state index is 11.9. The van der Waals surface area contributed by atoms with Gasteiger partial charge in [0.2, 0.25) is 5.91 Å². The lowest BCUT2D eigenvalue weighted by Crippen LogP contribution is -2.36. The van der Waals surface area contributed by atoms with E-state index < -0.39 is 6.04 Å². The number of anilines is 1. The number of nitrogens with one attached hydrogen (secondary N) is 1. The van der Waals surface area contributed by atoms with Crippen LogP contribution in [0, 0.1) is 19.8 Å². The zero-order valence-electron chi connectivity index (χ0n) is 11.4. The van der Waals surface area contributed by atoms with Crippen molar-refractivity contribution in [2.75, 3.05) is 5.32 Å². The molecule has 4 heteroatoms. The molecule has 3 N–H and O–H groups in total. The van der Waals surface area contributed by atoms with Crippen LogP contribution in [0.3, 0.4) is 0 Å². The Morgan fingerprint density at radius 1 is 1.33 bits per heavy atom. The maximum atomic E-state index is 11.9. The zero-order valence-corrected chi connectivity index (χ0v) is 13.0. The number of benzene rings is 1. The average Bonchev–Trinajstić information content (AvgIpc) is 2.24. The molecule has 0 saturated carbocycles. The number of nitrogens with two attached hydrogens (primary N) is 1. The number of rotatable bonds is 4. The van der Waals surface area contributed by atoms with Gasteiger partial charge < -0.3 is 11.1 Å². The number of carbonyl (C=O) groups excluding carboxylic acids is 1. The summed E-state index contributed by atoms with van der Waals surface area (Å²) in [4.78, 5) is 11.9. The Hall–Kier alpha value is -0.870. The molecule has 1 amide bonds. The van der Waals surface area contributed by atoms with Crippen molar-refractivity contribution in [2.45, 2.75) is 40.2 Å². The van der Waals surface area contributed by atoms with Gasteiger partial charge in [0, 0.05) is 10.2 Å². The predicted molar refractivity (Wildman–Crippen MR) is 79.7 cm³/mol. The van der Waals surface area contributed by atoms with Crippen molar-refractivity contribution in [3.05, 3.63) is 27.7 Å². The first-order valence-electron chi connectivity index (χ1n) is 6.14. The van der Waals surface area contributed by atoms with E-state index in [0.717, 1.165) is 21.3 Å². The molecule has 100 valence electrons. The molecule has 0 aliphatic carbocycles. The van der Waals surface area contributed by atoms with E-state index in [0.29, 0.717) is 12.3 Å². The van der Waals surface area contributed by atoms with E-state index in [2.05, 4.69) is 35.1 Å². The van der Waals surface area contributed by atoms with Crippen LogP contribution in [0.25, 0.3) is 0 Å². The summed E-state index contributed by atoms with van der Waals surface area (Å²) in [7, 11) is 0. The molecule has 1 rings (SSSR count). The van der Waals surface area contributed by atoms with Crippen LogP contribution >= 0.6 is 15.9 Å². The van der Waals surface area contributed by atoms with Crippen molar-refractivity contribution in [3.63, 3.8) is 0 Å². The molecule has 0 aliphatic heterocycles. The first-order chi connectivity index (χ1) is 8.31. The van der Waals surface area contributed by atoms with Crippen LogP contribution in [0.4, 0.5) is 5.69 Å². The van der Waals surface area contributed by atoms with Gasteiger partial charge in [0.25, 0.3) is 0 Å². The van der Waals surface area contributed by atoms with Crippen molar-refractivity contribution in [3.8, 4) is 0 Å². The van der Waals surface area contributed by atoms with Crippen molar-refractivity contribution in [1.82, 2.24) is 0 Å². The Bertz CT molecular complexity index is 420. The highest BCUT2D eigenvalue weighted by atomic mass is 79.9. The van der Waals surface area contributed by atoms with E-state index in [4.69, 9.17) is 5.73 Å². The molecular weight excluding hydrogens is 292 g/mol. The van der Waals surface area contributed by atoms with Gasteiger partial charge in [-0.1, -0.05) is 29.8 Å². The first-order valence-corrected chi connectivity index (χ1v) is 6.93. The summed E-state index contributed by atoms with van der Waals surface area (Å²) in [5.74, 6) is 0.295. The molecule has 0 aromatic heterocycles. The Morgan fingerprint density at radius 3 is 2.28 bits per heavy atom.